The van der Waals surface area contributed by atoms with Crippen LogP contribution in [0.4, 0.5) is 9.59 Å². The molecule has 0 aromatic rings. The van der Waals surface area contributed by atoms with Crippen LogP contribution in [0.2, 0.25) is 0 Å². The molecule has 2 atom stereocenters. The number of amides is 4. The van der Waals surface area contributed by atoms with Crippen LogP contribution in [0.3, 0.4) is 0 Å². The number of nitrogens with one attached hydrogen (secondary N) is 1. The van der Waals surface area contributed by atoms with E-state index in [1.54, 1.807) is 18.9 Å². The molecule has 3 aliphatic heterocycles. The van der Waals surface area contributed by atoms with Crippen LogP contribution < -0.4 is 5.32 Å². The number of imide groups is 1. The number of fused-ring (bicyclic) bond motifs is 1. The Morgan fingerprint density at radius 3 is 2.54 bits per heavy atom. The van der Waals surface area contributed by atoms with Crippen molar-refractivity contribution in [3.8, 4) is 0 Å². The van der Waals surface area contributed by atoms with Crippen LogP contribution in [0, 0.1) is 5.92 Å². The maximum absolute atomic E-state index is 12.5. The minimum absolute atomic E-state index is 0.274. The van der Waals surface area contributed by atoms with Gasteiger partial charge >= 0.3 is 12.1 Å². The number of carbonyl (C=O) groups excluding carboxylic acids is 3. The topological polar surface area (TPSA) is 97.8 Å². The lowest BCUT2D eigenvalue weighted by Gasteiger charge is -2.38. The monoisotopic (exact) mass is 394 g/mol. The summed E-state index contributed by atoms with van der Waals surface area (Å²) in [6, 6.07) is -0.898. The highest BCUT2D eigenvalue weighted by Gasteiger charge is 2.48. The maximum atomic E-state index is 12.5. The molecule has 3 rings (SSSR count). The van der Waals surface area contributed by atoms with Crippen LogP contribution in [0.25, 0.3) is 0 Å². The van der Waals surface area contributed by atoms with Gasteiger partial charge in [0, 0.05) is 39.8 Å². The zero-order valence-corrected chi connectivity index (χ0v) is 17.1. The number of urea groups is 1. The molecule has 1 N–H and O–H groups in total. The van der Waals surface area contributed by atoms with E-state index in [-0.39, 0.29) is 12.0 Å². The van der Waals surface area contributed by atoms with E-state index in [0.29, 0.717) is 51.8 Å². The van der Waals surface area contributed by atoms with E-state index in [9.17, 15) is 14.4 Å². The molecule has 10 nitrogen and oxygen atoms in total. The molecule has 0 aliphatic carbocycles. The standard InChI is InChI=1S/C18H30N6O4/c1-5-28-18(27)23-8-6-22(7-9-23)11-13-19-15-14(24(13)10-12(2)3)16(25)20-17(26)21(15)4/h12,14-15H,5-11H2,1-4H3,(H,20,25,26). The summed E-state index contributed by atoms with van der Waals surface area (Å²) >= 11 is 0. The average molecular weight is 394 g/mol. The molecule has 0 radical (unpaired) electrons. The van der Waals surface area contributed by atoms with Gasteiger partial charge in [-0.15, -0.1) is 0 Å². The number of nitrogens with zero attached hydrogens (tertiary/aromatic N) is 5. The second kappa shape index (κ2) is 8.34. The van der Waals surface area contributed by atoms with Crippen molar-refractivity contribution in [3.05, 3.63) is 0 Å². The fraction of sp³-hybridized carbons (Fsp3) is 0.778. The molecule has 10 heteroatoms. The number of hydrogen-bond donors (Lipinski definition) is 1. The van der Waals surface area contributed by atoms with Crippen molar-refractivity contribution >= 4 is 23.9 Å². The molecule has 0 saturated carbocycles. The van der Waals surface area contributed by atoms with Crippen LogP contribution in [0.1, 0.15) is 20.8 Å². The third-order valence-electron chi connectivity index (χ3n) is 5.27. The van der Waals surface area contributed by atoms with Gasteiger partial charge in [0.15, 0.2) is 12.2 Å². The zero-order chi connectivity index (χ0) is 20.4. The Labute approximate surface area is 165 Å². The second-order valence-corrected chi connectivity index (χ2v) is 7.82. The fourth-order valence-corrected chi connectivity index (χ4v) is 3.83. The molecule has 2 fully saturated rings. The van der Waals surface area contributed by atoms with Gasteiger partial charge in [-0.25, -0.2) is 14.6 Å². The smallest absolute Gasteiger partial charge is 0.409 e. The summed E-state index contributed by atoms with van der Waals surface area (Å²) in [6.07, 6.45) is -0.763. The van der Waals surface area contributed by atoms with Crippen molar-refractivity contribution < 1.29 is 19.1 Å². The van der Waals surface area contributed by atoms with Crippen molar-refractivity contribution in [1.29, 1.82) is 0 Å². The minimum atomic E-state index is -0.490. The first-order valence-corrected chi connectivity index (χ1v) is 9.86. The molecule has 4 amide bonds. The van der Waals surface area contributed by atoms with Gasteiger partial charge in [-0.2, -0.15) is 0 Å². The second-order valence-electron chi connectivity index (χ2n) is 7.82. The highest BCUT2D eigenvalue weighted by molar-refractivity contribution is 6.04. The van der Waals surface area contributed by atoms with Crippen molar-refractivity contribution in [1.82, 2.24) is 24.9 Å². The van der Waals surface area contributed by atoms with Gasteiger partial charge in [-0.1, -0.05) is 13.8 Å². The van der Waals surface area contributed by atoms with Gasteiger partial charge in [0.05, 0.1) is 13.2 Å². The molecule has 0 bridgehead atoms. The lowest BCUT2D eigenvalue weighted by molar-refractivity contribution is -0.127. The van der Waals surface area contributed by atoms with E-state index >= 15 is 0 Å². The van der Waals surface area contributed by atoms with Gasteiger partial charge in [0.1, 0.15) is 5.84 Å². The van der Waals surface area contributed by atoms with E-state index in [0.717, 1.165) is 5.84 Å². The van der Waals surface area contributed by atoms with Gasteiger partial charge in [0.2, 0.25) is 0 Å². The highest BCUT2D eigenvalue weighted by Crippen LogP contribution is 2.25. The number of hydrogen-bond acceptors (Lipinski definition) is 7. The summed E-state index contributed by atoms with van der Waals surface area (Å²) in [5.41, 5.74) is 0. The fourth-order valence-electron chi connectivity index (χ4n) is 3.83. The summed E-state index contributed by atoms with van der Waals surface area (Å²) in [6.45, 7) is 10.3. The Balaban J connectivity index is 1.68. The summed E-state index contributed by atoms with van der Waals surface area (Å²) in [5, 5.41) is 2.42. The first kappa shape index (κ1) is 20.4. The Morgan fingerprint density at radius 1 is 1.25 bits per heavy atom. The van der Waals surface area contributed by atoms with Crippen LogP contribution in [0.5, 0.6) is 0 Å². The quantitative estimate of drug-likeness (QED) is 0.705. The van der Waals surface area contributed by atoms with Crippen LogP contribution in [0.15, 0.2) is 4.99 Å². The molecule has 0 aromatic carbocycles. The third kappa shape index (κ3) is 4.06. The molecule has 0 spiro atoms. The number of likely N-dealkylation sites (N-methyl/N-ethyl adjacent to an activating group) is 1. The molecule has 2 unspecified atom stereocenters. The van der Waals surface area contributed by atoms with E-state index in [4.69, 9.17) is 9.73 Å². The van der Waals surface area contributed by atoms with Crippen LogP contribution >= 0.6 is 0 Å². The number of piperazine rings is 1. The number of aliphatic imine (C=N–C) groups is 1. The number of rotatable bonds is 5. The third-order valence-corrected chi connectivity index (χ3v) is 5.27. The van der Waals surface area contributed by atoms with Gasteiger partial charge in [-0.3, -0.25) is 15.0 Å². The first-order valence-electron chi connectivity index (χ1n) is 9.86. The number of carbonyl (C=O) groups is 3. The molecule has 156 valence electrons. The first-order chi connectivity index (χ1) is 13.3. The van der Waals surface area contributed by atoms with Crippen LogP contribution in [-0.4, -0.2) is 109 Å². The molecule has 2 saturated heterocycles. The maximum Gasteiger partial charge on any atom is 0.409 e. The molecule has 0 aromatic heterocycles. The Morgan fingerprint density at radius 2 is 1.93 bits per heavy atom. The molecule has 28 heavy (non-hydrogen) atoms. The summed E-state index contributed by atoms with van der Waals surface area (Å²) in [4.78, 5) is 48.5. The average Bonchev–Trinajstić information content (AvgIpc) is 2.99. The molecular formula is C18H30N6O4. The molecular weight excluding hydrogens is 364 g/mol. The van der Waals surface area contributed by atoms with Crippen molar-refractivity contribution in [2.24, 2.45) is 10.9 Å². The molecule has 3 heterocycles. The van der Waals surface area contributed by atoms with Crippen molar-refractivity contribution in [3.63, 3.8) is 0 Å². The lowest BCUT2D eigenvalue weighted by Crippen LogP contribution is -2.64. The van der Waals surface area contributed by atoms with Gasteiger partial charge in [0.25, 0.3) is 5.91 Å². The predicted molar refractivity (Wildman–Crippen MR) is 103 cm³/mol. The summed E-state index contributed by atoms with van der Waals surface area (Å²) < 4.78 is 5.06. The predicted octanol–water partition coefficient (Wildman–Crippen LogP) is 0.00690. The minimum Gasteiger partial charge on any atom is -0.450 e. The normalized spacial score (nSPS) is 25.8. The van der Waals surface area contributed by atoms with E-state index in [2.05, 4.69) is 24.1 Å². The molecule has 3 aliphatic rings. The summed E-state index contributed by atoms with van der Waals surface area (Å²) in [5.74, 6) is 0.880. The van der Waals surface area contributed by atoms with E-state index in [1.165, 1.54) is 4.90 Å². The van der Waals surface area contributed by atoms with Crippen molar-refractivity contribution in [2.75, 3.05) is 52.9 Å². The summed E-state index contributed by atoms with van der Waals surface area (Å²) in [7, 11) is 1.66. The van der Waals surface area contributed by atoms with Crippen LogP contribution in [-0.2, 0) is 9.53 Å². The zero-order valence-electron chi connectivity index (χ0n) is 17.1. The van der Waals surface area contributed by atoms with Gasteiger partial charge in [-0.05, 0) is 12.8 Å². The Bertz CT molecular complexity index is 658. The Kier molecular flexibility index (Phi) is 6.07. The Hall–Kier alpha value is -2.36. The highest BCUT2D eigenvalue weighted by atomic mass is 16.6. The number of ether oxygens (including phenoxy) is 1. The van der Waals surface area contributed by atoms with E-state index < -0.39 is 18.2 Å². The van der Waals surface area contributed by atoms with E-state index in [1.807, 2.05) is 4.90 Å². The lowest BCUT2D eigenvalue weighted by atomic mass is 10.1. The van der Waals surface area contributed by atoms with Crippen molar-refractivity contribution in [2.45, 2.75) is 33.0 Å². The number of amidine groups is 1. The SMILES string of the molecule is CCOC(=O)N1CCN(CC2=NC3C(C(=O)NC(=O)N3C)N2CC(C)C)CC1. The largest absolute Gasteiger partial charge is 0.450 e. The van der Waals surface area contributed by atoms with Gasteiger partial charge < -0.3 is 19.4 Å².